The molecule has 2 rings (SSSR count). The van der Waals surface area contributed by atoms with Gasteiger partial charge in [0.25, 0.3) is 0 Å². The molecule has 1 saturated heterocycles. The van der Waals surface area contributed by atoms with Gasteiger partial charge in [-0.2, -0.15) is 0 Å². The summed E-state index contributed by atoms with van der Waals surface area (Å²) < 4.78 is 10.7. The van der Waals surface area contributed by atoms with Crippen molar-refractivity contribution in [3.05, 3.63) is 12.2 Å². The summed E-state index contributed by atoms with van der Waals surface area (Å²) in [6.07, 6.45) is 2.41. The van der Waals surface area contributed by atoms with Crippen molar-refractivity contribution in [2.24, 2.45) is 11.8 Å². The van der Waals surface area contributed by atoms with Crippen LogP contribution in [0.1, 0.15) is 39.5 Å². The van der Waals surface area contributed by atoms with Crippen molar-refractivity contribution >= 4 is 11.9 Å². The van der Waals surface area contributed by atoms with Crippen LogP contribution in [0.15, 0.2) is 12.2 Å². The molecule has 2 fully saturated rings. The molecule has 0 spiro atoms. The Morgan fingerprint density at radius 3 is 2.89 bits per heavy atom. The van der Waals surface area contributed by atoms with Crippen LogP contribution >= 0.6 is 0 Å². The van der Waals surface area contributed by atoms with Gasteiger partial charge in [-0.25, -0.2) is 4.79 Å². The Bertz CT molecular complexity index is 372. The van der Waals surface area contributed by atoms with Crippen LogP contribution in [0.5, 0.6) is 0 Å². The molecule has 0 amide bonds. The van der Waals surface area contributed by atoms with E-state index in [1.807, 2.05) is 13.8 Å². The third-order valence-corrected chi connectivity index (χ3v) is 3.58. The quantitative estimate of drug-likeness (QED) is 0.571. The van der Waals surface area contributed by atoms with Crippen molar-refractivity contribution in [1.29, 1.82) is 0 Å². The maximum atomic E-state index is 11.7. The first kappa shape index (κ1) is 13.1. The second-order valence-electron chi connectivity index (χ2n) is 5.56. The van der Waals surface area contributed by atoms with Gasteiger partial charge in [-0.1, -0.05) is 20.4 Å². The van der Waals surface area contributed by atoms with E-state index in [9.17, 15) is 9.59 Å². The molecule has 3 atom stereocenters. The van der Waals surface area contributed by atoms with Crippen molar-refractivity contribution in [3.63, 3.8) is 0 Å². The van der Waals surface area contributed by atoms with Crippen molar-refractivity contribution in [3.8, 4) is 0 Å². The van der Waals surface area contributed by atoms with Gasteiger partial charge in [0, 0.05) is 17.9 Å². The maximum Gasteiger partial charge on any atom is 0.334 e. The van der Waals surface area contributed by atoms with Gasteiger partial charge >= 0.3 is 11.9 Å². The van der Waals surface area contributed by atoms with E-state index in [-0.39, 0.29) is 36.0 Å². The van der Waals surface area contributed by atoms with E-state index in [0.29, 0.717) is 12.0 Å². The molecule has 2 aliphatic rings. The van der Waals surface area contributed by atoms with Gasteiger partial charge in [-0.15, -0.1) is 0 Å². The van der Waals surface area contributed by atoms with Gasteiger partial charge in [-0.3, -0.25) is 4.79 Å². The molecule has 4 heteroatoms. The molecule has 1 aliphatic heterocycles. The van der Waals surface area contributed by atoms with Crippen LogP contribution in [0, 0.1) is 11.8 Å². The van der Waals surface area contributed by atoms with Crippen molar-refractivity contribution in [1.82, 2.24) is 0 Å². The highest BCUT2D eigenvalue weighted by molar-refractivity contribution is 5.91. The number of ether oxygens (including phenoxy) is 2. The SMILES string of the molecule is C=C1C(=O)OC2C(OC(=O)CC(C)C)CCCC12. The second kappa shape index (κ2) is 5.12. The monoisotopic (exact) mass is 252 g/mol. The van der Waals surface area contributed by atoms with E-state index in [4.69, 9.17) is 9.47 Å². The van der Waals surface area contributed by atoms with Crippen LogP contribution in [0.4, 0.5) is 0 Å². The fourth-order valence-electron chi connectivity index (χ4n) is 2.68. The normalized spacial score (nSPS) is 31.2. The Balaban J connectivity index is 1.99. The molecule has 100 valence electrons. The number of carbonyl (C=O) groups is 2. The minimum absolute atomic E-state index is 0.0306. The van der Waals surface area contributed by atoms with E-state index >= 15 is 0 Å². The third-order valence-electron chi connectivity index (χ3n) is 3.58. The van der Waals surface area contributed by atoms with E-state index in [1.54, 1.807) is 0 Å². The average Bonchev–Trinajstić information content (AvgIpc) is 2.56. The predicted molar refractivity (Wildman–Crippen MR) is 65.7 cm³/mol. The molecule has 4 nitrogen and oxygen atoms in total. The molecule has 1 heterocycles. The first-order valence-corrected chi connectivity index (χ1v) is 6.58. The lowest BCUT2D eigenvalue weighted by Gasteiger charge is -2.31. The van der Waals surface area contributed by atoms with Crippen LogP contribution in [-0.4, -0.2) is 24.1 Å². The highest BCUT2D eigenvalue weighted by Gasteiger charge is 2.46. The summed E-state index contributed by atoms with van der Waals surface area (Å²) in [6, 6.07) is 0. The zero-order valence-electron chi connectivity index (χ0n) is 11.0. The van der Waals surface area contributed by atoms with Crippen LogP contribution in [0.3, 0.4) is 0 Å². The number of esters is 2. The molecule has 0 aromatic rings. The lowest BCUT2D eigenvalue weighted by molar-refractivity contribution is -0.166. The molecule has 0 radical (unpaired) electrons. The zero-order chi connectivity index (χ0) is 13.3. The molecule has 1 saturated carbocycles. The fraction of sp³-hybridized carbons (Fsp3) is 0.714. The standard InChI is InChI=1S/C14H20O4/c1-8(2)7-12(15)17-11-6-4-5-10-9(3)14(16)18-13(10)11/h8,10-11,13H,3-7H2,1-2H3. The molecule has 3 unspecified atom stereocenters. The van der Waals surface area contributed by atoms with E-state index in [0.717, 1.165) is 19.3 Å². The van der Waals surface area contributed by atoms with Crippen LogP contribution in [0.2, 0.25) is 0 Å². The van der Waals surface area contributed by atoms with Crippen LogP contribution < -0.4 is 0 Å². The molecule has 0 aromatic carbocycles. The molecule has 0 bridgehead atoms. The van der Waals surface area contributed by atoms with Gasteiger partial charge in [0.2, 0.25) is 0 Å². The average molecular weight is 252 g/mol. The summed E-state index contributed by atoms with van der Waals surface area (Å²) in [6.45, 7) is 7.72. The van der Waals surface area contributed by atoms with Gasteiger partial charge in [-0.05, 0) is 25.2 Å². The summed E-state index contributed by atoms with van der Waals surface area (Å²) in [5.41, 5.74) is 0.532. The summed E-state index contributed by atoms with van der Waals surface area (Å²) in [4.78, 5) is 23.2. The molecule has 1 aliphatic carbocycles. The summed E-state index contributed by atoms with van der Waals surface area (Å²) in [5.74, 6) is -0.234. The lowest BCUT2D eigenvalue weighted by Crippen LogP contribution is -2.39. The van der Waals surface area contributed by atoms with Crippen molar-refractivity contribution < 1.29 is 19.1 Å². The third kappa shape index (κ3) is 2.57. The smallest absolute Gasteiger partial charge is 0.334 e. The maximum absolute atomic E-state index is 11.7. The zero-order valence-corrected chi connectivity index (χ0v) is 11.0. The summed E-state index contributed by atoms with van der Waals surface area (Å²) in [5, 5.41) is 0. The van der Waals surface area contributed by atoms with Gasteiger partial charge < -0.3 is 9.47 Å². The first-order chi connectivity index (χ1) is 8.49. The van der Waals surface area contributed by atoms with E-state index in [1.165, 1.54) is 0 Å². The Morgan fingerprint density at radius 1 is 1.50 bits per heavy atom. The number of rotatable bonds is 3. The number of hydrogen-bond acceptors (Lipinski definition) is 4. The van der Waals surface area contributed by atoms with Crippen LogP contribution in [0.25, 0.3) is 0 Å². The Hall–Kier alpha value is -1.32. The molecule has 18 heavy (non-hydrogen) atoms. The second-order valence-corrected chi connectivity index (χ2v) is 5.56. The van der Waals surface area contributed by atoms with Crippen molar-refractivity contribution in [2.75, 3.05) is 0 Å². The summed E-state index contributed by atoms with van der Waals surface area (Å²) in [7, 11) is 0. The first-order valence-electron chi connectivity index (χ1n) is 6.58. The Kier molecular flexibility index (Phi) is 3.73. The van der Waals surface area contributed by atoms with Gasteiger partial charge in [0.05, 0.1) is 0 Å². The molecular formula is C14H20O4. The van der Waals surface area contributed by atoms with E-state index in [2.05, 4.69) is 6.58 Å². The van der Waals surface area contributed by atoms with Crippen molar-refractivity contribution in [2.45, 2.75) is 51.7 Å². The largest absolute Gasteiger partial charge is 0.458 e. The Morgan fingerprint density at radius 2 is 2.22 bits per heavy atom. The highest BCUT2D eigenvalue weighted by Crippen LogP contribution is 2.39. The van der Waals surface area contributed by atoms with Crippen LogP contribution in [-0.2, 0) is 19.1 Å². The molecule has 0 aromatic heterocycles. The number of carbonyl (C=O) groups excluding carboxylic acids is 2. The number of fused-ring (bicyclic) bond motifs is 1. The minimum Gasteiger partial charge on any atom is -0.458 e. The Labute approximate surface area is 107 Å². The van der Waals surface area contributed by atoms with E-state index < -0.39 is 0 Å². The predicted octanol–water partition coefficient (Wildman–Crippen LogP) is 2.23. The molecular weight excluding hydrogens is 232 g/mol. The minimum atomic E-state index is -0.336. The number of hydrogen-bond donors (Lipinski definition) is 0. The van der Waals surface area contributed by atoms with Gasteiger partial charge in [0.15, 0.2) is 0 Å². The molecule has 0 N–H and O–H groups in total. The highest BCUT2D eigenvalue weighted by atomic mass is 16.6. The lowest BCUT2D eigenvalue weighted by atomic mass is 9.82. The summed E-state index contributed by atoms with van der Waals surface area (Å²) >= 11 is 0. The fourth-order valence-corrected chi connectivity index (χ4v) is 2.68. The topological polar surface area (TPSA) is 52.6 Å². The van der Waals surface area contributed by atoms with Gasteiger partial charge in [0.1, 0.15) is 12.2 Å².